The van der Waals surface area contributed by atoms with Crippen molar-refractivity contribution < 1.29 is 0 Å². The van der Waals surface area contributed by atoms with Crippen molar-refractivity contribution in [3.63, 3.8) is 0 Å². The monoisotopic (exact) mass is 196 g/mol. The molecule has 0 spiro atoms. The largest absolute Gasteiger partial charge is 0.316 e. The van der Waals surface area contributed by atoms with E-state index < -0.39 is 0 Å². The second-order valence-corrected chi connectivity index (χ2v) is 4.39. The number of rotatable bonds is 7. The second-order valence-electron chi connectivity index (χ2n) is 4.39. The molecule has 0 radical (unpaired) electrons. The summed E-state index contributed by atoms with van der Waals surface area (Å²) in [7, 11) is 0. The Bertz CT molecular complexity index is 150. The van der Waals surface area contributed by atoms with Gasteiger partial charge in [0.2, 0.25) is 0 Å². The predicted octanol–water partition coefficient (Wildman–Crippen LogP) is 1.88. The zero-order chi connectivity index (χ0) is 10.2. The average molecular weight is 196 g/mol. The summed E-state index contributed by atoms with van der Waals surface area (Å²) < 4.78 is 0. The lowest BCUT2D eigenvalue weighted by Gasteiger charge is -2.20. The molecule has 0 aromatic carbocycles. The van der Waals surface area contributed by atoms with E-state index in [2.05, 4.69) is 23.7 Å². The number of nitrogens with one attached hydrogen (secondary N) is 1. The van der Waals surface area contributed by atoms with Crippen LogP contribution in [0.4, 0.5) is 0 Å². The van der Waals surface area contributed by atoms with Crippen LogP contribution in [0, 0.1) is 5.92 Å². The molecule has 1 rings (SSSR count). The maximum atomic E-state index is 3.71. The van der Waals surface area contributed by atoms with Crippen molar-refractivity contribution in [2.45, 2.75) is 26.2 Å². The molecule has 0 aromatic rings. The third kappa shape index (κ3) is 4.77. The first kappa shape index (κ1) is 11.7. The molecular weight excluding hydrogens is 172 g/mol. The number of likely N-dealkylation sites (tertiary alicyclic amines) is 1. The highest BCUT2D eigenvalue weighted by molar-refractivity contribution is 4.71. The summed E-state index contributed by atoms with van der Waals surface area (Å²) in [5.41, 5.74) is 0. The Labute approximate surface area is 88.4 Å². The van der Waals surface area contributed by atoms with Crippen molar-refractivity contribution in [2.24, 2.45) is 5.92 Å². The fraction of sp³-hybridized carbons (Fsp3) is 0.833. The highest BCUT2D eigenvalue weighted by Crippen LogP contribution is 2.09. The van der Waals surface area contributed by atoms with Crippen molar-refractivity contribution in [2.75, 3.05) is 32.7 Å². The molecule has 0 saturated carbocycles. The van der Waals surface area contributed by atoms with Gasteiger partial charge in [0, 0.05) is 6.54 Å². The Morgan fingerprint density at radius 2 is 2.14 bits per heavy atom. The van der Waals surface area contributed by atoms with Gasteiger partial charge >= 0.3 is 0 Å². The highest BCUT2D eigenvalue weighted by atomic mass is 15.1. The van der Waals surface area contributed by atoms with E-state index in [9.17, 15) is 0 Å². The van der Waals surface area contributed by atoms with Crippen molar-refractivity contribution in [3.05, 3.63) is 12.7 Å². The normalized spacial score (nSPS) is 19.8. The summed E-state index contributed by atoms with van der Waals surface area (Å²) in [5.74, 6) is 0.776. The van der Waals surface area contributed by atoms with Gasteiger partial charge in [-0.15, -0.1) is 6.58 Å². The Balaban J connectivity index is 1.97. The molecule has 1 N–H and O–H groups in total. The summed E-state index contributed by atoms with van der Waals surface area (Å²) in [5, 5.41) is 3.46. The van der Waals surface area contributed by atoms with Gasteiger partial charge in [0.05, 0.1) is 0 Å². The molecule has 82 valence electrons. The number of hydrogen-bond donors (Lipinski definition) is 1. The van der Waals surface area contributed by atoms with Crippen LogP contribution >= 0.6 is 0 Å². The summed E-state index contributed by atoms with van der Waals surface area (Å²) in [6.07, 6.45) is 5.85. The number of nitrogens with zero attached hydrogens (tertiary/aromatic N) is 1. The molecule has 14 heavy (non-hydrogen) atoms. The predicted molar refractivity (Wildman–Crippen MR) is 62.5 cm³/mol. The molecule has 1 unspecified atom stereocenters. The van der Waals surface area contributed by atoms with Crippen LogP contribution in [0.2, 0.25) is 0 Å². The Morgan fingerprint density at radius 1 is 1.43 bits per heavy atom. The van der Waals surface area contributed by atoms with Crippen LogP contribution in [-0.4, -0.2) is 37.6 Å². The van der Waals surface area contributed by atoms with Gasteiger partial charge in [0.1, 0.15) is 0 Å². The minimum absolute atomic E-state index is 0.776. The second kappa shape index (κ2) is 7.02. The molecule has 2 heteroatoms. The lowest BCUT2D eigenvalue weighted by molar-refractivity contribution is 0.283. The minimum atomic E-state index is 0.776. The molecule has 0 amide bonds. The van der Waals surface area contributed by atoms with Crippen LogP contribution in [0.3, 0.4) is 0 Å². The molecule has 1 aliphatic heterocycles. The van der Waals surface area contributed by atoms with E-state index in [0.717, 1.165) is 25.4 Å². The van der Waals surface area contributed by atoms with Crippen LogP contribution in [0.5, 0.6) is 0 Å². The van der Waals surface area contributed by atoms with Gasteiger partial charge in [0.15, 0.2) is 0 Å². The third-order valence-corrected chi connectivity index (χ3v) is 2.79. The van der Waals surface area contributed by atoms with Crippen LogP contribution in [0.25, 0.3) is 0 Å². The number of hydrogen-bond acceptors (Lipinski definition) is 2. The van der Waals surface area contributed by atoms with Gasteiger partial charge in [-0.1, -0.05) is 13.0 Å². The van der Waals surface area contributed by atoms with Crippen molar-refractivity contribution in [3.8, 4) is 0 Å². The Morgan fingerprint density at radius 3 is 2.79 bits per heavy atom. The summed E-state index contributed by atoms with van der Waals surface area (Å²) in [6.45, 7) is 12.2. The lowest BCUT2D eigenvalue weighted by Crippen LogP contribution is -2.31. The quantitative estimate of drug-likeness (QED) is 0.494. The summed E-state index contributed by atoms with van der Waals surface area (Å²) in [4.78, 5) is 2.58. The molecule has 1 heterocycles. The zero-order valence-electron chi connectivity index (χ0n) is 9.47. The van der Waals surface area contributed by atoms with Crippen molar-refractivity contribution >= 4 is 0 Å². The first-order valence-electron chi connectivity index (χ1n) is 5.87. The lowest BCUT2D eigenvalue weighted by atomic mass is 10.1. The van der Waals surface area contributed by atoms with Gasteiger partial charge in [0.25, 0.3) is 0 Å². The average Bonchev–Trinajstić information content (AvgIpc) is 2.65. The maximum Gasteiger partial charge on any atom is 0.00191 e. The smallest absolute Gasteiger partial charge is 0.00191 e. The van der Waals surface area contributed by atoms with Crippen LogP contribution in [0.15, 0.2) is 12.7 Å². The Hall–Kier alpha value is -0.340. The molecule has 1 saturated heterocycles. The van der Waals surface area contributed by atoms with E-state index in [1.54, 1.807) is 0 Å². The fourth-order valence-corrected chi connectivity index (χ4v) is 2.02. The molecule has 1 fully saturated rings. The van der Waals surface area contributed by atoms with Crippen molar-refractivity contribution in [1.82, 2.24) is 10.2 Å². The van der Waals surface area contributed by atoms with Crippen LogP contribution in [-0.2, 0) is 0 Å². The molecular formula is C12H24N2. The molecule has 0 aliphatic carbocycles. The zero-order valence-corrected chi connectivity index (χ0v) is 9.47. The first-order valence-corrected chi connectivity index (χ1v) is 5.87. The highest BCUT2D eigenvalue weighted by Gasteiger charge is 2.13. The van der Waals surface area contributed by atoms with E-state index in [-0.39, 0.29) is 0 Å². The van der Waals surface area contributed by atoms with E-state index >= 15 is 0 Å². The minimum Gasteiger partial charge on any atom is -0.316 e. The van der Waals surface area contributed by atoms with E-state index in [1.807, 2.05) is 6.08 Å². The third-order valence-electron chi connectivity index (χ3n) is 2.79. The SMILES string of the molecule is C=CCCNCC(C)CN1CCCC1. The van der Waals surface area contributed by atoms with Gasteiger partial charge in [-0.2, -0.15) is 0 Å². The Kier molecular flexibility index (Phi) is 5.88. The van der Waals surface area contributed by atoms with Gasteiger partial charge < -0.3 is 10.2 Å². The van der Waals surface area contributed by atoms with E-state index in [0.29, 0.717) is 0 Å². The van der Waals surface area contributed by atoms with Crippen molar-refractivity contribution in [1.29, 1.82) is 0 Å². The summed E-state index contributed by atoms with van der Waals surface area (Å²) in [6, 6.07) is 0. The van der Waals surface area contributed by atoms with Crippen LogP contribution < -0.4 is 5.32 Å². The molecule has 1 atom stereocenters. The molecule has 0 bridgehead atoms. The van der Waals surface area contributed by atoms with E-state index in [1.165, 1.54) is 32.5 Å². The summed E-state index contributed by atoms with van der Waals surface area (Å²) >= 11 is 0. The topological polar surface area (TPSA) is 15.3 Å². The molecule has 1 aliphatic rings. The molecule has 2 nitrogen and oxygen atoms in total. The molecule has 0 aromatic heterocycles. The standard InChI is InChI=1S/C12H24N2/c1-3-4-7-13-10-12(2)11-14-8-5-6-9-14/h3,12-13H,1,4-11H2,2H3. The van der Waals surface area contributed by atoms with Crippen LogP contribution in [0.1, 0.15) is 26.2 Å². The first-order chi connectivity index (χ1) is 6.83. The fourth-order valence-electron chi connectivity index (χ4n) is 2.02. The van der Waals surface area contributed by atoms with E-state index in [4.69, 9.17) is 0 Å². The van der Waals surface area contributed by atoms with Gasteiger partial charge in [-0.3, -0.25) is 0 Å². The maximum absolute atomic E-state index is 3.71. The van der Waals surface area contributed by atoms with Gasteiger partial charge in [-0.25, -0.2) is 0 Å². The van der Waals surface area contributed by atoms with Gasteiger partial charge in [-0.05, 0) is 51.4 Å².